The molecule has 6 heteroatoms. The van der Waals surface area contributed by atoms with Crippen molar-refractivity contribution in [1.29, 1.82) is 0 Å². The Labute approximate surface area is 262 Å². The van der Waals surface area contributed by atoms with Gasteiger partial charge < -0.3 is 0 Å². The zero-order valence-corrected chi connectivity index (χ0v) is 24.9. The van der Waals surface area contributed by atoms with Crippen molar-refractivity contribution in [3.8, 4) is 0 Å². The van der Waals surface area contributed by atoms with E-state index in [0.717, 1.165) is 22.3 Å². The van der Waals surface area contributed by atoms with E-state index in [0.29, 0.717) is 24.2 Å². The van der Waals surface area contributed by atoms with E-state index in [-0.39, 0.29) is 23.6 Å². The molecule has 1 saturated carbocycles. The van der Waals surface area contributed by atoms with Crippen LogP contribution < -0.4 is 9.80 Å². The first kappa shape index (κ1) is 27.4. The average Bonchev–Trinajstić information content (AvgIpc) is 3.52. The van der Waals surface area contributed by atoms with Crippen LogP contribution in [0.3, 0.4) is 0 Å². The summed E-state index contributed by atoms with van der Waals surface area (Å²) in [6.45, 7) is 2.05. The van der Waals surface area contributed by atoms with Crippen LogP contribution in [0.5, 0.6) is 0 Å². The van der Waals surface area contributed by atoms with Crippen LogP contribution >= 0.6 is 0 Å². The molecule has 45 heavy (non-hydrogen) atoms. The second kappa shape index (κ2) is 10.2. The van der Waals surface area contributed by atoms with Crippen LogP contribution in [0.2, 0.25) is 0 Å². The van der Waals surface area contributed by atoms with E-state index < -0.39 is 35.0 Å². The molecular formula is C39H32N2O4. The summed E-state index contributed by atoms with van der Waals surface area (Å²) in [5.41, 5.74) is 3.62. The molecule has 0 aromatic heterocycles. The lowest BCUT2D eigenvalue weighted by Gasteiger charge is -2.59. The van der Waals surface area contributed by atoms with Crippen molar-refractivity contribution < 1.29 is 19.2 Å². The lowest BCUT2D eigenvalue weighted by atomic mass is 9.40. The Bertz CT molecular complexity index is 1790. The first-order valence-electron chi connectivity index (χ1n) is 15.7. The number of nitrogens with zero attached hydrogens (tertiary/aromatic N) is 2. The lowest BCUT2D eigenvalue weighted by Crippen LogP contribution is -2.60. The average molecular weight is 593 g/mol. The molecule has 2 heterocycles. The molecule has 2 aliphatic heterocycles. The summed E-state index contributed by atoms with van der Waals surface area (Å²) in [4.78, 5) is 61.8. The third-order valence-corrected chi connectivity index (χ3v) is 10.5. The minimum atomic E-state index is -1.09. The third kappa shape index (κ3) is 3.62. The third-order valence-electron chi connectivity index (χ3n) is 10.5. The molecule has 3 aliphatic carbocycles. The molecule has 9 rings (SSSR count). The van der Waals surface area contributed by atoms with Crippen molar-refractivity contribution in [3.63, 3.8) is 0 Å². The molecule has 0 radical (unpaired) electrons. The van der Waals surface area contributed by atoms with E-state index in [1.165, 1.54) is 9.80 Å². The molecule has 4 atom stereocenters. The highest BCUT2D eigenvalue weighted by Gasteiger charge is 2.77. The SMILES string of the molecule is CCCC12C(c3ccccc3)=C(c3ccccc3)C(C3C(=O)N(c4ccccc4)C(=O)C31)C1C(=O)N(c3ccccc3)C(=O)C12. The molecule has 6 nitrogen and oxygen atoms in total. The highest BCUT2D eigenvalue weighted by Crippen LogP contribution is 2.73. The molecule has 5 aliphatic rings. The second-order valence-corrected chi connectivity index (χ2v) is 12.5. The smallest absolute Gasteiger partial charge is 0.238 e. The van der Waals surface area contributed by atoms with Gasteiger partial charge in [0, 0.05) is 11.3 Å². The number of carbonyl (C=O) groups excluding carboxylic acids is 4. The summed E-state index contributed by atoms with van der Waals surface area (Å²) in [5.74, 6) is -4.94. The summed E-state index contributed by atoms with van der Waals surface area (Å²) < 4.78 is 0. The van der Waals surface area contributed by atoms with Crippen molar-refractivity contribution >= 4 is 46.1 Å². The Morgan fingerprint density at radius 3 is 1.33 bits per heavy atom. The van der Waals surface area contributed by atoms with Crippen molar-refractivity contribution in [2.24, 2.45) is 35.0 Å². The largest absolute Gasteiger partial charge is 0.274 e. The zero-order valence-electron chi connectivity index (χ0n) is 24.9. The summed E-state index contributed by atoms with van der Waals surface area (Å²) in [6, 6.07) is 38.0. The Morgan fingerprint density at radius 2 is 0.911 bits per heavy atom. The van der Waals surface area contributed by atoms with Gasteiger partial charge in [-0.15, -0.1) is 0 Å². The summed E-state index contributed by atoms with van der Waals surface area (Å²) in [7, 11) is 0. The van der Waals surface area contributed by atoms with Gasteiger partial charge in [-0.05, 0) is 53.0 Å². The minimum Gasteiger partial charge on any atom is -0.274 e. The maximum Gasteiger partial charge on any atom is 0.238 e. The van der Waals surface area contributed by atoms with Crippen molar-refractivity contribution in [2.45, 2.75) is 19.8 Å². The molecule has 2 bridgehead atoms. The fraction of sp³-hybridized carbons (Fsp3) is 0.231. The number of imide groups is 2. The van der Waals surface area contributed by atoms with Crippen LogP contribution in [0, 0.1) is 35.0 Å². The monoisotopic (exact) mass is 592 g/mol. The fourth-order valence-electron chi connectivity index (χ4n) is 9.19. The Balaban J connectivity index is 1.46. The summed E-state index contributed by atoms with van der Waals surface area (Å²) in [6.07, 6.45) is 1.14. The number of hydrogen-bond acceptors (Lipinski definition) is 4. The van der Waals surface area contributed by atoms with E-state index in [2.05, 4.69) is 6.92 Å². The van der Waals surface area contributed by atoms with Crippen molar-refractivity contribution in [1.82, 2.24) is 0 Å². The normalized spacial score (nSPS) is 28.6. The number of amides is 4. The molecule has 0 N–H and O–H groups in total. The molecule has 2 saturated heterocycles. The van der Waals surface area contributed by atoms with Crippen LogP contribution in [0.4, 0.5) is 11.4 Å². The molecule has 4 aromatic rings. The molecule has 3 fully saturated rings. The van der Waals surface area contributed by atoms with Gasteiger partial charge in [-0.3, -0.25) is 29.0 Å². The maximum absolute atomic E-state index is 14.8. The van der Waals surface area contributed by atoms with Gasteiger partial charge >= 0.3 is 0 Å². The number of rotatable bonds is 6. The van der Waals surface area contributed by atoms with Crippen molar-refractivity contribution in [2.75, 3.05) is 9.80 Å². The molecular weight excluding hydrogens is 560 g/mol. The van der Waals surface area contributed by atoms with Crippen LogP contribution in [0.15, 0.2) is 121 Å². The van der Waals surface area contributed by atoms with Gasteiger partial charge in [0.2, 0.25) is 23.6 Å². The highest BCUT2D eigenvalue weighted by molar-refractivity contribution is 6.29. The first-order valence-corrected chi connectivity index (χ1v) is 15.7. The number of para-hydroxylation sites is 2. The predicted molar refractivity (Wildman–Crippen MR) is 172 cm³/mol. The number of carbonyl (C=O) groups is 4. The van der Waals surface area contributed by atoms with Crippen molar-refractivity contribution in [3.05, 3.63) is 132 Å². The van der Waals surface area contributed by atoms with Crippen LogP contribution in [0.1, 0.15) is 30.9 Å². The second-order valence-electron chi connectivity index (χ2n) is 12.5. The van der Waals surface area contributed by atoms with E-state index in [9.17, 15) is 19.2 Å². The Hall–Kier alpha value is -5.10. The number of anilines is 2. The summed E-state index contributed by atoms with van der Waals surface area (Å²) >= 11 is 0. The van der Waals surface area contributed by atoms with Crippen LogP contribution in [0.25, 0.3) is 11.1 Å². The Kier molecular flexibility index (Phi) is 6.24. The lowest BCUT2D eigenvalue weighted by molar-refractivity contribution is -0.145. The van der Waals surface area contributed by atoms with E-state index in [1.807, 2.05) is 97.1 Å². The number of hydrogen-bond donors (Lipinski definition) is 0. The maximum atomic E-state index is 14.8. The quantitative estimate of drug-likeness (QED) is 0.235. The Morgan fingerprint density at radius 1 is 0.511 bits per heavy atom. The van der Waals surface area contributed by atoms with E-state index in [1.54, 1.807) is 24.3 Å². The molecule has 0 spiro atoms. The molecule has 4 aromatic carbocycles. The highest BCUT2D eigenvalue weighted by atomic mass is 16.2. The van der Waals surface area contributed by atoms with E-state index >= 15 is 0 Å². The van der Waals surface area contributed by atoms with Crippen LogP contribution in [-0.2, 0) is 19.2 Å². The number of allylic oxidation sites excluding steroid dienone is 2. The molecule has 222 valence electrons. The van der Waals surface area contributed by atoms with Gasteiger partial charge in [-0.2, -0.15) is 0 Å². The van der Waals surface area contributed by atoms with Gasteiger partial charge in [0.1, 0.15) is 0 Å². The van der Waals surface area contributed by atoms with Gasteiger partial charge in [0.25, 0.3) is 0 Å². The van der Waals surface area contributed by atoms with Gasteiger partial charge in [0.05, 0.1) is 35.0 Å². The molecule has 4 unspecified atom stereocenters. The van der Waals surface area contributed by atoms with Gasteiger partial charge in [0.15, 0.2) is 0 Å². The van der Waals surface area contributed by atoms with Gasteiger partial charge in [-0.1, -0.05) is 110 Å². The standard InChI is InChI=1S/C39H32N2O4/c1-2-23-39-32(25-17-9-4-10-18-25)28(24-15-7-3-8-16-24)29(30-33(39)37(44)40(35(30)42)26-19-11-5-12-20-26)31-34(39)38(45)41(36(31)43)27-21-13-6-14-22-27/h3-22,29-31,33-34H,2,23H2,1H3. The predicted octanol–water partition coefficient (Wildman–Crippen LogP) is 6.64. The summed E-state index contributed by atoms with van der Waals surface area (Å²) in [5, 5.41) is 0. The number of benzene rings is 4. The topological polar surface area (TPSA) is 74.8 Å². The first-order chi connectivity index (χ1) is 22.0. The van der Waals surface area contributed by atoms with Crippen LogP contribution in [-0.4, -0.2) is 23.6 Å². The fourth-order valence-corrected chi connectivity index (χ4v) is 9.19. The van der Waals surface area contributed by atoms with E-state index in [4.69, 9.17) is 0 Å². The molecule has 4 amide bonds. The van der Waals surface area contributed by atoms with Gasteiger partial charge in [-0.25, -0.2) is 0 Å². The minimum absolute atomic E-state index is 0.285. The zero-order chi connectivity index (χ0) is 30.9.